The van der Waals surface area contributed by atoms with Gasteiger partial charge in [-0.25, -0.2) is 4.39 Å². The Kier molecular flexibility index (Phi) is 4.95. The Morgan fingerprint density at radius 3 is 2.95 bits per heavy atom. The second kappa shape index (κ2) is 6.31. The molecule has 106 valence electrons. The second-order valence-electron chi connectivity index (χ2n) is 5.25. The number of halogens is 2. The topological polar surface area (TPSA) is 47.3 Å². The molecule has 0 saturated carbocycles. The molecule has 1 aromatic carbocycles. The molecule has 1 heterocycles. The number of ether oxygens (including phenoxy) is 1. The Bertz CT molecular complexity index is 435. The molecule has 1 fully saturated rings. The minimum Gasteiger partial charge on any atom is -0.374 e. The van der Waals surface area contributed by atoms with Crippen LogP contribution in [0.2, 0.25) is 0 Å². The summed E-state index contributed by atoms with van der Waals surface area (Å²) >= 11 is 3.30. The number of nitrogens with two attached hydrogens (primary N) is 1. The third-order valence-electron chi connectivity index (χ3n) is 3.89. The maximum Gasteiger partial charge on any atom is 0.137 e. The van der Waals surface area contributed by atoms with E-state index in [1.165, 1.54) is 6.07 Å². The molecular weight excluding hydrogens is 311 g/mol. The van der Waals surface area contributed by atoms with E-state index in [4.69, 9.17) is 10.6 Å². The van der Waals surface area contributed by atoms with Crippen LogP contribution in [0.25, 0.3) is 0 Å². The van der Waals surface area contributed by atoms with Gasteiger partial charge in [-0.05, 0) is 60.2 Å². The van der Waals surface area contributed by atoms with Crippen LogP contribution < -0.4 is 11.3 Å². The quantitative estimate of drug-likeness (QED) is 0.659. The van der Waals surface area contributed by atoms with Crippen molar-refractivity contribution in [1.82, 2.24) is 5.43 Å². The summed E-state index contributed by atoms with van der Waals surface area (Å²) in [6.45, 7) is 2.84. The molecule has 2 unspecified atom stereocenters. The number of hydrazine groups is 1. The number of nitrogens with one attached hydrogen (secondary N) is 1. The van der Waals surface area contributed by atoms with Crippen LogP contribution in [0.15, 0.2) is 22.7 Å². The number of hydrogen-bond acceptors (Lipinski definition) is 3. The fraction of sp³-hybridized carbons (Fsp3) is 0.571. The van der Waals surface area contributed by atoms with E-state index in [1.807, 2.05) is 6.07 Å². The van der Waals surface area contributed by atoms with Gasteiger partial charge >= 0.3 is 0 Å². The van der Waals surface area contributed by atoms with Gasteiger partial charge in [0.2, 0.25) is 0 Å². The van der Waals surface area contributed by atoms with Crippen molar-refractivity contribution in [1.29, 1.82) is 0 Å². The molecule has 1 aliphatic heterocycles. The molecule has 2 rings (SSSR count). The zero-order valence-corrected chi connectivity index (χ0v) is 12.7. The summed E-state index contributed by atoms with van der Waals surface area (Å²) in [4.78, 5) is 0. The molecule has 2 atom stereocenters. The van der Waals surface area contributed by atoms with Crippen LogP contribution in [0.3, 0.4) is 0 Å². The van der Waals surface area contributed by atoms with E-state index in [9.17, 15) is 4.39 Å². The molecule has 3 nitrogen and oxygen atoms in total. The van der Waals surface area contributed by atoms with Gasteiger partial charge in [-0.2, -0.15) is 0 Å². The van der Waals surface area contributed by atoms with Crippen LogP contribution in [0.5, 0.6) is 0 Å². The van der Waals surface area contributed by atoms with E-state index < -0.39 is 0 Å². The molecule has 0 radical (unpaired) electrons. The monoisotopic (exact) mass is 330 g/mol. The van der Waals surface area contributed by atoms with E-state index in [0.717, 1.165) is 31.4 Å². The molecular formula is C14H20BrFN2O. The standard InChI is InChI=1S/C14H20BrFN2O/c1-14(7-2-3-8-19-14)12(18-17)9-10-5-4-6-11(16)13(10)15/h4-6,12,18H,2-3,7-9,17H2,1H3. The lowest BCUT2D eigenvalue weighted by molar-refractivity contribution is -0.0885. The average Bonchev–Trinajstić information content (AvgIpc) is 2.41. The summed E-state index contributed by atoms with van der Waals surface area (Å²) in [6.07, 6.45) is 3.83. The maximum atomic E-state index is 13.5. The lowest BCUT2D eigenvalue weighted by Crippen LogP contribution is -2.55. The molecule has 0 bridgehead atoms. The highest BCUT2D eigenvalue weighted by Crippen LogP contribution is 2.31. The Hall–Kier alpha value is -0.490. The second-order valence-corrected chi connectivity index (χ2v) is 6.05. The zero-order chi connectivity index (χ0) is 13.9. The van der Waals surface area contributed by atoms with Gasteiger partial charge in [0, 0.05) is 6.61 Å². The highest BCUT2D eigenvalue weighted by Gasteiger charge is 2.36. The third kappa shape index (κ3) is 3.34. The van der Waals surface area contributed by atoms with Gasteiger partial charge in [-0.3, -0.25) is 11.3 Å². The van der Waals surface area contributed by atoms with Gasteiger partial charge in [0.25, 0.3) is 0 Å². The van der Waals surface area contributed by atoms with Crippen molar-refractivity contribution >= 4 is 15.9 Å². The van der Waals surface area contributed by atoms with Gasteiger partial charge in [0.15, 0.2) is 0 Å². The first-order valence-electron chi connectivity index (χ1n) is 6.60. The predicted molar refractivity (Wildman–Crippen MR) is 77.1 cm³/mol. The molecule has 1 saturated heterocycles. The van der Waals surface area contributed by atoms with Gasteiger partial charge in [-0.1, -0.05) is 12.1 Å². The van der Waals surface area contributed by atoms with E-state index in [-0.39, 0.29) is 17.5 Å². The van der Waals surface area contributed by atoms with Crippen molar-refractivity contribution in [3.63, 3.8) is 0 Å². The SMILES string of the molecule is CC1(C(Cc2cccc(F)c2Br)NN)CCCCO1. The van der Waals surface area contributed by atoms with Crippen molar-refractivity contribution < 1.29 is 9.13 Å². The summed E-state index contributed by atoms with van der Waals surface area (Å²) in [7, 11) is 0. The van der Waals surface area contributed by atoms with E-state index in [1.54, 1.807) is 6.07 Å². The van der Waals surface area contributed by atoms with Crippen molar-refractivity contribution in [2.45, 2.75) is 44.2 Å². The molecule has 19 heavy (non-hydrogen) atoms. The Balaban J connectivity index is 2.16. The van der Waals surface area contributed by atoms with Crippen LogP contribution in [0, 0.1) is 5.82 Å². The maximum absolute atomic E-state index is 13.5. The Morgan fingerprint density at radius 1 is 1.53 bits per heavy atom. The summed E-state index contributed by atoms with van der Waals surface area (Å²) in [5, 5.41) is 0. The fourth-order valence-corrected chi connectivity index (χ4v) is 3.03. The Morgan fingerprint density at radius 2 is 2.32 bits per heavy atom. The first kappa shape index (κ1) is 14.9. The van der Waals surface area contributed by atoms with Crippen molar-refractivity contribution in [2.24, 2.45) is 5.84 Å². The smallest absolute Gasteiger partial charge is 0.137 e. The molecule has 0 spiro atoms. The third-order valence-corrected chi connectivity index (χ3v) is 4.78. The van der Waals surface area contributed by atoms with Crippen LogP contribution in [0.1, 0.15) is 31.7 Å². The summed E-state index contributed by atoms with van der Waals surface area (Å²) in [6, 6.07) is 5.03. The first-order valence-corrected chi connectivity index (χ1v) is 7.39. The van der Waals surface area contributed by atoms with E-state index in [2.05, 4.69) is 28.3 Å². The summed E-state index contributed by atoms with van der Waals surface area (Å²) < 4.78 is 20.0. The molecule has 0 aliphatic carbocycles. The number of benzene rings is 1. The van der Waals surface area contributed by atoms with Crippen molar-refractivity contribution in [2.75, 3.05) is 6.61 Å². The highest BCUT2D eigenvalue weighted by atomic mass is 79.9. The fourth-order valence-electron chi connectivity index (χ4n) is 2.61. The zero-order valence-electron chi connectivity index (χ0n) is 11.1. The van der Waals surface area contributed by atoms with Crippen LogP contribution in [0.4, 0.5) is 4.39 Å². The molecule has 0 amide bonds. The average molecular weight is 331 g/mol. The van der Waals surface area contributed by atoms with Crippen LogP contribution in [-0.2, 0) is 11.2 Å². The molecule has 1 aliphatic rings. The van der Waals surface area contributed by atoms with Gasteiger partial charge < -0.3 is 4.74 Å². The molecule has 0 aromatic heterocycles. The molecule has 5 heteroatoms. The van der Waals surface area contributed by atoms with E-state index in [0.29, 0.717) is 10.9 Å². The van der Waals surface area contributed by atoms with Crippen LogP contribution in [-0.4, -0.2) is 18.2 Å². The lowest BCUT2D eigenvalue weighted by atomic mass is 9.85. The highest BCUT2D eigenvalue weighted by molar-refractivity contribution is 9.10. The summed E-state index contributed by atoms with van der Waals surface area (Å²) in [5.41, 5.74) is 3.45. The molecule has 1 aromatic rings. The lowest BCUT2D eigenvalue weighted by Gasteiger charge is -2.40. The van der Waals surface area contributed by atoms with Gasteiger partial charge in [0.05, 0.1) is 16.1 Å². The van der Waals surface area contributed by atoms with Crippen molar-refractivity contribution in [3.8, 4) is 0 Å². The minimum atomic E-state index is -0.293. The van der Waals surface area contributed by atoms with E-state index >= 15 is 0 Å². The molecule has 3 N–H and O–H groups in total. The minimum absolute atomic E-state index is 0.0362. The first-order chi connectivity index (χ1) is 9.07. The summed E-state index contributed by atoms with van der Waals surface area (Å²) in [5.74, 6) is 5.44. The van der Waals surface area contributed by atoms with Gasteiger partial charge in [-0.15, -0.1) is 0 Å². The largest absolute Gasteiger partial charge is 0.374 e. The predicted octanol–water partition coefficient (Wildman–Crippen LogP) is 2.92. The van der Waals surface area contributed by atoms with Gasteiger partial charge in [0.1, 0.15) is 5.82 Å². The Labute approximate surface area is 121 Å². The van der Waals surface area contributed by atoms with Crippen LogP contribution >= 0.6 is 15.9 Å². The normalized spacial score (nSPS) is 25.3. The number of hydrogen-bond donors (Lipinski definition) is 2. The van der Waals surface area contributed by atoms with Crippen molar-refractivity contribution in [3.05, 3.63) is 34.1 Å². The number of rotatable bonds is 4.